The van der Waals surface area contributed by atoms with Gasteiger partial charge in [0, 0.05) is 6.54 Å². The van der Waals surface area contributed by atoms with Crippen molar-refractivity contribution in [3.63, 3.8) is 0 Å². The predicted octanol–water partition coefficient (Wildman–Crippen LogP) is 2.16. The van der Waals surface area contributed by atoms with Crippen molar-refractivity contribution in [3.05, 3.63) is 22.4 Å². The van der Waals surface area contributed by atoms with E-state index < -0.39 is 0 Å². The molecule has 3 nitrogen and oxygen atoms in total. The van der Waals surface area contributed by atoms with Gasteiger partial charge in [0.15, 0.2) is 0 Å². The molecule has 0 saturated carbocycles. The first-order valence-corrected chi connectivity index (χ1v) is 6.08. The molecule has 5 heteroatoms. The highest BCUT2D eigenvalue weighted by atomic mass is 35.5. The Hall–Kier alpha value is -0.580. The standard InChI is InChI=1S/C11H18N2OS.ClH/c1-8(2)5-10(12)11(14)13-6-9-3-4-15-7-9;/h3-4,7-8,10H,5-6,12H2,1-2H3,(H,13,14);1H/t10-;/m0./s1. The molecule has 0 aliphatic carbocycles. The number of nitrogens with one attached hydrogen (secondary N) is 1. The van der Waals surface area contributed by atoms with E-state index in [0.29, 0.717) is 12.5 Å². The second kappa shape index (κ2) is 7.65. The van der Waals surface area contributed by atoms with Crippen LogP contribution in [-0.4, -0.2) is 11.9 Å². The summed E-state index contributed by atoms with van der Waals surface area (Å²) < 4.78 is 0. The van der Waals surface area contributed by atoms with Crippen LogP contribution in [0.15, 0.2) is 16.8 Å². The molecule has 0 bridgehead atoms. The maximum Gasteiger partial charge on any atom is 0.237 e. The summed E-state index contributed by atoms with van der Waals surface area (Å²) in [6.07, 6.45) is 0.732. The van der Waals surface area contributed by atoms with Crippen LogP contribution >= 0.6 is 23.7 Å². The highest BCUT2D eigenvalue weighted by Gasteiger charge is 2.14. The number of hydrogen-bond donors (Lipinski definition) is 2. The van der Waals surface area contributed by atoms with Gasteiger partial charge in [-0.2, -0.15) is 11.3 Å². The molecule has 1 aromatic rings. The first kappa shape index (κ1) is 15.4. The molecule has 0 aliphatic heterocycles. The van der Waals surface area contributed by atoms with Gasteiger partial charge >= 0.3 is 0 Å². The van der Waals surface area contributed by atoms with Crippen molar-refractivity contribution >= 4 is 29.7 Å². The van der Waals surface area contributed by atoms with Crippen LogP contribution < -0.4 is 11.1 Å². The molecule has 92 valence electrons. The van der Waals surface area contributed by atoms with Gasteiger partial charge in [0.25, 0.3) is 0 Å². The topological polar surface area (TPSA) is 55.1 Å². The third-order valence-corrected chi connectivity index (χ3v) is 2.84. The van der Waals surface area contributed by atoms with Crippen LogP contribution in [0.4, 0.5) is 0 Å². The summed E-state index contributed by atoms with van der Waals surface area (Å²) in [4.78, 5) is 11.5. The zero-order chi connectivity index (χ0) is 11.3. The molecule has 0 saturated heterocycles. The normalized spacial score (nSPS) is 12.0. The van der Waals surface area contributed by atoms with Crippen molar-refractivity contribution in [2.24, 2.45) is 11.7 Å². The summed E-state index contributed by atoms with van der Waals surface area (Å²) in [5, 5.41) is 6.85. The van der Waals surface area contributed by atoms with Crippen molar-refractivity contribution in [1.29, 1.82) is 0 Å². The maximum absolute atomic E-state index is 11.5. The number of amides is 1. The molecule has 1 atom stereocenters. The molecule has 1 aromatic heterocycles. The lowest BCUT2D eigenvalue weighted by Gasteiger charge is -2.13. The number of carbonyl (C=O) groups is 1. The summed E-state index contributed by atoms with van der Waals surface area (Å²) in [7, 11) is 0. The number of halogens is 1. The average molecular weight is 263 g/mol. The summed E-state index contributed by atoms with van der Waals surface area (Å²) in [6.45, 7) is 4.70. The molecule has 0 aliphatic rings. The van der Waals surface area contributed by atoms with Gasteiger partial charge in [0.1, 0.15) is 0 Å². The van der Waals surface area contributed by atoms with E-state index in [1.807, 2.05) is 16.8 Å². The van der Waals surface area contributed by atoms with E-state index in [0.717, 1.165) is 12.0 Å². The highest BCUT2D eigenvalue weighted by molar-refractivity contribution is 7.07. The number of rotatable bonds is 5. The molecule has 3 N–H and O–H groups in total. The van der Waals surface area contributed by atoms with Gasteiger partial charge in [-0.1, -0.05) is 13.8 Å². The van der Waals surface area contributed by atoms with Gasteiger partial charge < -0.3 is 11.1 Å². The minimum atomic E-state index is -0.386. The molecule has 0 spiro atoms. The molecule has 1 amide bonds. The summed E-state index contributed by atoms with van der Waals surface area (Å²) in [6, 6.07) is 1.61. The second-order valence-electron chi connectivity index (χ2n) is 4.09. The van der Waals surface area contributed by atoms with Gasteiger partial charge in [0.2, 0.25) is 5.91 Å². The Labute approximate surface area is 107 Å². The van der Waals surface area contributed by atoms with E-state index in [2.05, 4.69) is 19.2 Å². The average Bonchev–Trinajstić information content (AvgIpc) is 2.65. The number of carbonyl (C=O) groups excluding carboxylic acids is 1. The van der Waals surface area contributed by atoms with Crippen molar-refractivity contribution in [3.8, 4) is 0 Å². The Kier molecular flexibility index (Phi) is 7.38. The fourth-order valence-electron chi connectivity index (χ4n) is 1.33. The van der Waals surface area contributed by atoms with E-state index in [4.69, 9.17) is 5.73 Å². The second-order valence-corrected chi connectivity index (χ2v) is 4.87. The first-order valence-electron chi connectivity index (χ1n) is 5.14. The molecule has 16 heavy (non-hydrogen) atoms. The van der Waals surface area contributed by atoms with E-state index in [1.165, 1.54) is 0 Å². The molecular formula is C11H19ClN2OS. The molecule has 0 fully saturated rings. The predicted molar refractivity (Wildman–Crippen MR) is 70.8 cm³/mol. The number of thiophene rings is 1. The minimum Gasteiger partial charge on any atom is -0.351 e. The summed E-state index contributed by atoms with van der Waals surface area (Å²) in [5.41, 5.74) is 6.88. The van der Waals surface area contributed by atoms with Crippen LogP contribution in [0.5, 0.6) is 0 Å². The van der Waals surface area contributed by atoms with Gasteiger partial charge in [0.05, 0.1) is 6.04 Å². The Balaban J connectivity index is 0.00000225. The Morgan fingerprint density at radius 2 is 2.25 bits per heavy atom. The fourth-order valence-corrected chi connectivity index (χ4v) is 2.00. The van der Waals surface area contributed by atoms with Gasteiger partial charge in [-0.3, -0.25) is 4.79 Å². The van der Waals surface area contributed by atoms with Crippen LogP contribution in [-0.2, 0) is 11.3 Å². The van der Waals surface area contributed by atoms with E-state index >= 15 is 0 Å². The fraction of sp³-hybridized carbons (Fsp3) is 0.545. The Bertz CT molecular complexity index is 301. The largest absolute Gasteiger partial charge is 0.351 e. The lowest BCUT2D eigenvalue weighted by atomic mass is 10.0. The zero-order valence-corrected chi connectivity index (χ0v) is 11.2. The van der Waals surface area contributed by atoms with Crippen molar-refractivity contribution in [2.45, 2.75) is 32.9 Å². The quantitative estimate of drug-likeness (QED) is 0.854. The third-order valence-electron chi connectivity index (χ3n) is 2.11. The van der Waals surface area contributed by atoms with Crippen LogP contribution in [0.3, 0.4) is 0 Å². The Morgan fingerprint density at radius 1 is 1.56 bits per heavy atom. The highest BCUT2D eigenvalue weighted by Crippen LogP contribution is 2.06. The molecule has 0 unspecified atom stereocenters. The smallest absolute Gasteiger partial charge is 0.237 e. The lowest BCUT2D eigenvalue weighted by molar-refractivity contribution is -0.122. The van der Waals surface area contributed by atoms with E-state index in [-0.39, 0.29) is 24.4 Å². The van der Waals surface area contributed by atoms with Crippen LogP contribution in [0, 0.1) is 5.92 Å². The molecule has 0 radical (unpaired) electrons. The van der Waals surface area contributed by atoms with E-state index in [9.17, 15) is 4.79 Å². The minimum absolute atomic E-state index is 0. The van der Waals surface area contributed by atoms with Crippen molar-refractivity contribution < 1.29 is 4.79 Å². The molecule has 1 rings (SSSR count). The third kappa shape index (κ3) is 5.49. The summed E-state index contributed by atoms with van der Waals surface area (Å²) in [5.74, 6) is 0.391. The van der Waals surface area contributed by atoms with Gasteiger partial charge in [-0.05, 0) is 34.7 Å². The number of hydrogen-bond acceptors (Lipinski definition) is 3. The first-order chi connectivity index (χ1) is 7.09. The lowest BCUT2D eigenvalue weighted by Crippen LogP contribution is -2.40. The molecule has 0 aromatic carbocycles. The Morgan fingerprint density at radius 3 is 2.75 bits per heavy atom. The monoisotopic (exact) mass is 262 g/mol. The molecular weight excluding hydrogens is 244 g/mol. The van der Waals surface area contributed by atoms with Gasteiger partial charge in [-0.15, -0.1) is 12.4 Å². The van der Waals surface area contributed by atoms with Crippen molar-refractivity contribution in [1.82, 2.24) is 5.32 Å². The molecule has 1 heterocycles. The maximum atomic E-state index is 11.5. The SMILES string of the molecule is CC(C)C[C@H](N)C(=O)NCc1ccsc1.Cl. The van der Waals surface area contributed by atoms with Crippen LogP contribution in [0.25, 0.3) is 0 Å². The number of nitrogens with two attached hydrogens (primary N) is 1. The van der Waals surface area contributed by atoms with Crippen LogP contribution in [0.2, 0.25) is 0 Å². The van der Waals surface area contributed by atoms with Crippen LogP contribution in [0.1, 0.15) is 25.8 Å². The zero-order valence-electron chi connectivity index (χ0n) is 9.60. The summed E-state index contributed by atoms with van der Waals surface area (Å²) >= 11 is 1.63. The van der Waals surface area contributed by atoms with Gasteiger partial charge in [-0.25, -0.2) is 0 Å². The van der Waals surface area contributed by atoms with E-state index in [1.54, 1.807) is 11.3 Å². The van der Waals surface area contributed by atoms with Crippen molar-refractivity contribution in [2.75, 3.05) is 0 Å².